The van der Waals surface area contributed by atoms with Crippen molar-refractivity contribution < 1.29 is 4.79 Å². The molecule has 0 aliphatic carbocycles. The molecule has 3 rings (SSSR count). The summed E-state index contributed by atoms with van der Waals surface area (Å²) in [6.07, 6.45) is 0. The number of benzene rings is 2. The van der Waals surface area contributed by atoms with Gasteiger partial charge in [-0.25, -0.2) is 0 Å². The molecule has 3 heteroatoms. The number of hydrazone groups is 1. The topological polar surface area (TPSA) is 32.7 Å². The molecule has 3 nitrogen and oxygen atoms in total. The van der Waals surface area contributed by atoms with Crippen molar-refractivity contribution in [2.24, 2.45) is 5.10 Å². The summed E-state index contributed by atoms with van der Waals surface area (Å²) in [6, 6.07) is 19.3. The van der Waals surface area contributed by atoms with Gasteiger partial charge in [0.25, 0.3) is 5.91 Å². The molecule has 2 aromatic carbocycles. The van der Waals surface area contributed by atoms with E-state index in [4.69, 9.17) is 0 Å². The van der Waals surface area contributed by atoms with Gasteiger partial charge in [-0.05, 0) is 24.6 Å². The average molecular weight is 250 g/mol. The lowest BCUT2D eigenvalue weighted by Gasteiger charge is -2.14. The van der Waals surface area contributed by atoms with E-state index < -0.39 is 0 Å². The Hall–Kier alpha value is -2.42. The van der Waals surface area contributed by atoms with Crippen LogP contribution in [0.1, 0.15) is 18.4 Å². The van der Waals surface area contributed by atoms with Crippen LogP contribution in [0.25, 0.3) is 0 Å². The summed E-state index contributed by atoms with van der Waals surface area (Å²) >= 11 is 0. The van der Waals surface area contributed by atoms with Gasteiger partial charge in [-0.15, -0.1) is 0 Å². The molecular weight excluding hydrogens is 236 g/mol. The fourth-order valence-corrected chi connectivity index (χ4v) is 2.35. The highest BCUT2D eigenvalue weighted by Crippen LogP contribution is 2.29. The quantitative estimate of drug-likeness (QED) is 0.805. The molecule has 1 aliphatic heterocycles. The SMILES string of the molecule is CC1=NN(c2ccccc2)C(=O)[C@@H]1c1ccccc1. The van der Waals surface area contributed by atoms with Crippen LogP contribution >= 0.6 is 0 Å². The summed E-state index contributed by atoms with van der Waals surface area (Å²) in [7, 11) is 0. The van der Waals surface area contributed by atoms with E-state index in [0.29, 0.717) is 0 Å². The van der Waals surface area contributed by atoms with Crippen LogP contribution in [0.2, 0.25) is 0 Å². The minimum absolute atomic E-state index is 0.00917. The number of carbonyl (C=O) groups is 1. The van der Waals surface area contributed by atoms with Crippen molar-refractivity contribution in [2.75, 3.05) is 5.01 Å². The minimum atomic E-state index is -0.263. The van der Waals surface area contributed by atoms with Gasteiger partial charge in [-0.3, -0.25) is 4.79 Å². The van der Waals surface area contributed by atoms with Crippen molar-refractivity contribution in [2.45, 2.75) is 12.8 Å². The average Bonchev–Trinajstić information content (AvgIpc) is 2.76. The Kier molecular flexibility index (Phi) is 2.88. The molecule has 1 heterocycles. The van der Waals surface area contributed by atoms with E-state index in [1.54, 1.807) is 0 Å². The van der Waals surface area contributed by atoms with E-state index in [0.717, 1.165) is 17.0 Å². The number of para-hydroxylation sites is 1. The Labute approximate surface area is 112 Å². The molecule has 0 unspecified atom stereocenters. The van der Waals surface area contributed by atoms with E-state index in [1.807, 2.05) is 67.6 Å². The zero-order chi connectivity index (χ0) is 13.2. The second kappa shape index (κ2) is 4.69. The number of amides is 1. The van der Waals surface area contributed by atoms with Crippen LogP contribution in [0.4, 0.5) is 5.69 Å². The highest BCUT2D eigenvalue weighted by atomic mass is 16.2. The van der Waals surface area contributed by atoms with Gasteiger partial charge in [0.2, 0.25) is 0 Å². The highest BCUT2D eigenvalue weighted by Gasteiger charge is 2.35. The molecule has 0 aromatic heterocycles. The Morgan fingerprint density at radius 2 is 1.53 bits per heavy atom. The number of hydrogen-bond acceptors (Lipinski definition) is 2. The molecule has 0 saturated carbocycles. The van der Waals surface area contributed by atoms with Crippen molar-refractivity contribution >= 4 is 17.3 Å². The van der Waals surface area contributed by atoms with Gasteiger partial charge >= 0.3 is 0 Å². The van der Waals surface area contributed by atoms with Crippen molar-refractivity contribution in [3.8, 4) is 0 Å². The van der Waals surface area contributed by atoms with E-state index in [1.165, 1.54) is 5.01 Å². The van der Waals surface area contributed by atoms with Crippen LogP contribution in [-0.4, -0.2) is 11.6 Å². The van der Waals surface area contributed by atoms with E-state index in [2.05, 4.69) is 5.10 Å². The maximum atomic E-state index is 12.5. The largest absolute Gasteiger partial charge is 0.271 e. The Bertz CT molecular complexity index is 620. The van der Waals surface area contributed by atoms with Crippen molar-refractivity contribution in [3.05, 3.63) is 66.2 Å². The second-order valence-electron chi connectivity index (χ2n) is 4.57. The molecule has 0 spiro atoms. The van der Waals surface area contributed by atoms with Gasteiger partial charge in [0.15, 0.2) is 0 Å². The lowest BCUT2D eigenvalue weighted by molar-refractivity contribution is -0.118. The first-order chi connectivity index (χ1) is 9.27. The predicted octanol–water partition coefficient (Wildman–Crippen LogP) is 3.19. The molecule has 1 atom stereocenters. The third kappa shape index (κ3) is 2.03. The fourth-order valence-electron chi connectivity index (χ4n) is 2.35. The fraction of sp³-hybridized carbons (Fsp3) is 0.125. The molecule has 0 radical (unpaired) electrons. The van der Waals surface area contributed by atoms with E-state index >= 15 is 0 Å². The number of hydrogen-bond donors (Lipinski definition) is 0. The van der Waals surface area contributed by atoms with Crippen LogP contribution in [0.5, 0.6) is 0 Å². The van der Waals surface area contributed by atoms with Crippen LogP contribution in [0, 0.1) is 0 Å². The van der Waals surface area contributed by atoms with E-state index in [-0.39, 0.29) is 11.8 Å². The third-order valence-corrected chi connectivity index (χ3v) is 3.26. The van der Waals surface area contributed by atoms with Crippen LogP contribution in [0.3, 0.4) is 0 Å². The molecule has 0 N–H and O–H groups in total. The van der Waals surface area contributed by atoms with Crippen molar-refractivity contribution in [1.82, 2.24) is 0 Å². The van der Waals surface area contributed by atoms with Crippen molar-refractivity contribution in [1.29, 1.82) is 0 Å². The molecule has 1 aliphatic rings. The van der Waals surface area contributed by atoms with Gasteiger partial charge in [0.05, 0.1) is 11.4 Å². The Balaban J connectivity index is 1.96. The summed E-state index contributed by atoms with van der Waals surface area (Å²) in [5.41, 5.74) is 2.64. The first-order valence-corrected chi connectivity index (χ1v) is 6.26. The number of anilines is 1. The summed E-state index contributed by atoms with van der Waals surface area (Å²) in [5, 5.41) is 5.89. The van der Waals surface area contributed by atoms with Crippen LogP contribution in [-0.2, 0) is 4.79 Å². The molecule has 0 saturated heterocycles. The normalized spacial score (nSPS) is 18.6. The molecule has 0 fully saturated rings. The zero-order valence-corrected chi connectivity index (χ0v) is 10.7. The first-order valence-electron chi connectivity index (χ1n) is 6.26. The van der Waals surface area contributed by atoms with Gasteiger partial charge in [0.1, 0.15) is 5.92 Å². The molecule has 94 valence electrons. The monoisotopic (exact) mass is 250 g/mol. The zero-order valence-electron chi connectivity index (χ0n) is 10.7. The summed E-state index contributed by atoms with van der Waals surface area (Å²) in [4.78, 5) is 12.5. The van der Waals surface area contributed by atoms with Gasteiger partial charge in [-0.2, -0.15) is 10.1 Å². The predicted molar refractivity (Wildman–Crippen MR) is 76.2 cm³/mol. The number of nitrogens with zero attached hydrogens (tertiary/aromatic N) is 2. The second-order valence-corrected chi connectivity index (χ2v) is 4.57. The minimum Gasteiger partial charge on any atom is -0.271 e. The molecule has 2 aromatic rings. The Morgan fingerprint density at radius 1 is 0.947 bits per heavy atom. The standard InChI is InChI=1S/C16H14N2O/c1-12-15(13-8-4-2-5-9-13)16(19)18(17-12)14-10-6-3-7-11-14/h2-11,15H,1H3/t15-/m0/s1. The number of rotatable bonds is 2. The van der Waals surface area contributed by atoms with E-state index in [9.17, 15) is 4.79 Å². The molecular formula is C16H14N2O. The maximum absolute atomic E-state index is 12.5. The highest BCUT2D eigenvalue weighted by molar-refractivity contribution is 6.18. The van der Waals surface area contributed by atoms with Crippen LogP contribution < -0.4 is 5.01 Å². The van der Waals surface area contributed by atoms with Gasteiger partial charge in [-0.1, -0.05) is 48.5 Å². The van der Waals surface area contributed by atoms with Crippen molar-refractivity contribution in [3.63, 3.8) is 0 Å². The van der Waals surface area contributed by atoms with Gasteiger partial charge in [0, 0.05) is 0 Å². The lowest BCUT2D eigenvalue weighted by Crippen LogP contribution is -2.25. The Morgan fingerprint density at radius 3 is 2.16 bits per heavy atom. The lowest BCUT2D eigenvalue weighted by atomic mass is 9.95. The van der Waals surface area contributed by atoms with Gasteiger partial charge < -0.3 is 0 Å². The molecule has 1 amide bonds. The molecule has 0 bridgehead atoms. The summed E-state index contributed by atoms with van der Waals surface area (Å²) in [6.45, 7) is 1.90. The smallest absolute Gasteiger partial charge is 0.260 e. The maximum Gasteiger partial charge on any atom is 0.260 e. The summed E-state index contributed by atoms with van der Waals surface area (Å²) < 4.78 is 0. The third-order valence-electron chi connectivity index (χ3n) is 3.26. The summed E-state index contributed by atoms with van der Waals surface area (Å²) in [5.74, 6) is -0.253. The first kappa shape index (κ1) is 11.7. The molecule has 19 heavy (non-hydrogen) atoms. The van der Waals surface area contributed by atoms with Crippen LogP contribution in [0.15, 0.2) is 65.8 Å². The number of carbonyl (C=O) groups excluding carboxylic acids is 1.